The van der Waals surface area contributed by atoms with Crippen LogP contribution in [0.1, 0.15) is 30.1 Å². The molecule has 3 aromatic carbocycles. The molecule has 3 rings (SSSR count). The van der Waals surface area contributed by atoms with Crippen LogP contribution in [0.4, 0.5) is 5.69 Å². The fraction of sp³-hybridized carbons (Fsp3) is 0.182. The minimum absolute atomic E-state index is 0.256. The Kier molecular flexibility index (Phi) is 6.39. The lowest BCUT2D eigenvalue weighted by molar-refractivity contribution is 0.0977. The van der Waals surface area contributed by atoms with Gasteiger partial charge in [-0.15, -0.1) is 0 Å². The summed E-state index contributed by atoms with van der Waals surface area (Å²) in [6.07, 6.45) is 2.10. The molecule has 0 saturated carbocycles. The summed E-state index contributed by atoms with van der Waals surface area (Å²) in [4.78, 5) is 12.3. The van der Waals surface area contributed by atoms with E-state index in [2.05, 4.69) is 23.6 Å². The lowest BCUT2D eigenvalue weighted by Crippen LogP contribution is -2.34. The summed E-state index contributed by atoms with van der Waals surface area (Å²) in [6, 6.07) is 21.1. The molecule has 0 fully saturated rings. The van der Waals surface area contributed by atoms with Crippen LogP contribution >= 0.6 is 12.2 Å². The Hall–Kier alpha value is -2.92. The van der Waals surface area contributed by atoms with Gasteiger partial charge in [0, 0.05) is 11.3 Å². The number of hydrogen-bond acceptors (Lipinski definition) is 3. The molecule has 1 amide bonds. The van der Waals surface area contributed by atoms with Crippen LogP contribution in [0.5, 0.6) is 5.75 Å². The van der Waals surface area contributed by atoms with Crippen LogP contribution in [0.2, 0.25) is 0 Å². The van der Waals surface area contributed by atoms with E-state index < -0.39 is 0 Å². The van der Waals surface area contributed by atoms with E-state index in [-0.39, 0.29) is 11.0 Å². The van der Waals surface area contributed by atoms with Gasteiger partial charge in [0.1, 0.15) is 5.75 Å². The second-order valence-electron chi connectivity index (χ2n) is 6.20. The van der Waals surface area contributed by atoms with E-state index in [0.29, 0.717) is 12.2 Å². The second kappa shape index (κ2) is 9.14. The van der Waals surface area contributed by atoms with Gasteiger partial charge >= 0.3 is 0 Å². The zero-order chi connectivity index (χ0) is 19.1. The van der Waals surface area contributed by atoms with Crippen molar-refractivity contribution in [2.45, 2.75) is 19.8 Å². The maximum atomic E-state index is 12.3. The highest BCUT2D eigenvalue weighted by Gasteiger charge is 2.08. The number of benzene rings is 3. The predicted molar refractivity (Wildman–Crippen MR) is 114 cm³/mol. The zero-order valence-electron chi connectivity index (χ0n) is 15.2. The molecule has 138 valence electrons. The first-order chi connectivity index (χ1) is 13.2. The predicted octanol–water partition coefficient (Wildman–Crippen LogP) is 5.15. The molecule has 0 bridgehead atoms. The number of unbranched alkanes of at least 4 members (excludes halogenated alkanes) is 1. The van der Waals surface area contributed by atoms with Gasteiger partial charge in [0.15, 0.2) is 5.11 Å². The van der Waals surface area contributed by atoms with Crippen LogP contribution in [-0.4, -0.2) is 17.6 Å². The molecule has 0 aliphatic heterocycles. The number of thiocarbonyl (C=S) groups is 1. The SMILES string of the molecule is CCCCOc1ccc(C(=O)NC(=S)Nc2ccc3ccccc3c2)cc1. The van der Waals surface area contributed by atoms with Gasteiger partial charge in [0.25, 0.3) is 5.91 Å². The van der Waals surface area contributed by atoms with Crippen molar-refractivity contribution in [2.75, 3.05) is 11.9 Å². The highest BCUT2D eigenvalue weighted by molar-refractivity contribution is 7.80. The average Bonchev–Trinajstić information content (AvgIpc) is 2.68. The van der Waals surface area contributed by atoms with Crippen LogP contribution in [0, 0.1) is 0 Å². The standard InChI is InChI=1S/C22H22N2O2S/c1-2-3-14-26-20-12-9-17(10-13-20)21(25)24-22(27)23-19-11-8-16-6-4-5-7-18(16)15-19/h4-13,15H,2-3,14H2,1H3,(H2,23,24,25,27). The monoisotopic (exact) mass is 378 g/mol. The number of carbonyl (C=O) groups excluding carboxylic acids is 1. The van der Waals surface area contributed by atoms with E-state index >= 15 is 0 Å². The second-order valence-corrected chi connectivity index (χ2v) is 6.60. The number of carbonyl (C=O) groups is 1. The van der Waals surface area contributed by atoms with Crippen LogP contribution < -0.4 is 15.4 Å². The van der Waals surface area contributed by atoms with Crippen molar-refractivity contribution in [2.24, 2.45) is 0 Å². The molecule has 0 atom stereocenters. The molecule has 0 aromatic heterocycles. The molecule has 0 aliphatic carbocycles. The van der Waals surface area contributed by atoms with Gasteiger partial charge in [-0.05, 0) is 65.8 Å². The van der Waals surface area contributed by atoms with Gasteiger partial charge in [-0.25, -0.2) is 0 Å². The molecule has 0 saturated heterocycles. The van der Waals surface area contributed by atoms with E-state index in [1.54, 1.807) is 24.3 Å². The molecule has 0 unspecified atom stereocenters. The van der Waals surface area contributed by atoms with Crippen molar-refractivity contribution in [1.29, 1.82) is 0 Å². The molecule has 3 aromatic rings. The minimum Gasteiger partial charge on any atom is -0.494 e. The third kappa shape index (κ3) is 5.28. The van der Waals surface area contributed by atoms with Crippen LogP contribution in [0.3, 0.4) is 0 Å². The van der Waals surface area contributed by atoms with Crippen molar-refractivity contribution in [3.8, 4) is 5.75 Å². The zero-order valence-corrected chi connectivity index (χ0v) is 16.0. The summed E-state index contributed by atoms with van der Waals surface area (Å²) >= 11 is 5.26. The third-order valence-electron chi connectivity index (χ3n) is 4.12. The van der Waals surface area contributed by atoms with Crippen LogP contribution in [0.15, 0.2) is 66.7 Å². The Balaban J connectivity index is 1.57. The van der Waals surface area contributed by atoms with Gasteiger partial charge in [-0.3, -0.25) is 10.1 Å². The average molecular weight is 378 g/mol. The smallest absolute Gasteiger partial charge is 0.257 e. The summed E-state index contributed by atoms with van der Waals surface area (Å²) in [7, 11) is 0. The lowest BCUT2D eigenvalue weighted by Gasteiger charge is -2.11. The molecule has 4 nitrogen and oxygen atoms in total. The highest BCUT2D eigenvalue weighted by atomic mass is 32.1. The van der Waals surface area contributed by atoms with Crippen LogP contribution in [-0.2, 0) is 0 Å². The molecule has 2 N–H and O–H groups in total. The first kappa shape index (κ1) is 18.9. The van der Waals surface area contributed by atoms with Gasteiger partial charge in [0.2, 0.25) is 0 Å². The number of hydrogen-bond donors (Lipinski definition) is 2. The topological polar surface area (TPSA) is 50.4 Å². The Bertz CT molecular complexity index is 938. The number of rotatable bonds is 6. The fourth-order valence-electron chi connectivity index (χ4n) is 2.64. The lowest BCUT2D eigenvalue weighted by atomic mass is 10.1. The van der Waals surface area contributed by atoms with E-state index in [1.165, 1.54) is 0 Å². The third-order valence-corrected chi connectivity index (χ3v) is 4.32. The quantitative estimate of drug-likeness (QED) is 0.460. The summed E-state index contributed by atoms with van der Waals surface area (Å²) in [5.41, 5.74) is 1.36. The van der Waals surface area contributed by atoms with Crippen molar-refractivity contribution >= 4 is 39.7 Å². The minimum atomic E-state index is -0.256. The first-order valence-corrected chi connectivity index (χ1v) is 9.40. The first-order valence-electron chi connectivity index (χ1n) is 8.99. The summed E-state index contributed by atoms with van der Waals surface area (Å²) < 4.78 is 5.61. The Morgan fingerprint density at radius 2 is 1.74 bits per heavy atom. The van der Waals surface area contributed by atoms with Crippen molar-refractivity contribution in [1.82, 2.24) is 5.32 Å². The van der Waals surface area contributed by atoms with Crippen LogP contribution in [0.25, 0.3) is 10.8 Å². The molecule has 0 radical (unpaired) electrons. The van der Waals surface area contributed by atoms with Crippen molar-refractivity contribution < 1.29 is 9.53 Å². The number of anilines is 1. The molecule has 27 heavy (non-hydrogen) atoms. The number of fused-ring (bicyclic) bond motifs is 1. The maximum absolute atomic E-state index is 12.3. The molecule has 0 heterocycles. The number of ether oxygens (including phenoxy) is 1. The Morgan fingerprint density at radius 3 is 2.48 bits per heavy atom. The molecule has 0 aliphatic rings. The van der Waals surface area contributed by atoms with Crippen molar-refractivity contribution in [3.05, 3.63) is 72.3 Å². The van der Waals surface area contributed by atoms with Crippen molar-refractivity contribution in [3.63, 3.8) is 0 Å². The van der Waals surface area contributed by atoms with Gasteiger partial charge in [-0.2, -0.15) is 0 Å². The van der Waals surface area contributed by atoms with Gasteiger partial charge in [-0.1, -0.05) is 43.7 Å². The summed E-state index contributed by atoms with van der Waals surface area (Å²) in [5, 5.41) is 8.28. The number of amides is 1. The summed E-state index contributed by atoms with van der Waals surface area (Å²) in [5.74, 6) is 0.505. The van der Waals surface area contributed by atoms with Gasteiger partial charge < -0.3 is 10.1 Å². The molecule has 0 spiro atoms. The van der Waals surface area contributed by atoms with E-state index in [0.717, 1.165) is 35.1 Å². The normalized spacial score (nSPS) is 10.4. The highest BCUT2D eigenvalue weighted by Crippen LogP contribution is 2.19. The molecular formula is C22H22N2O2S. The Labute approximate surface area is 164 Å². The van der Waals surface area contributed by atoms with Gasteiger partial charge in [0.05, 0.1) is 6.61 Å². The maximum Gasteiger partial charge on any atom is 0.257 e. The largest absolute Gasteiger partial charge is 0.494 e. The van der Waals surface area contributed by atoms with E-state index in [9.17, 15) is 4.79 Å². The van der Waals surface area contributed by atoms with E-state index in [1.807, 2.05) is 36.4 Å². The molecule has 5 heteroatoms. The summed E-state index contributed by atoms with van der Waals surface area (Å²) in [6.45, 7) is 2.80. The van der Waals surface area contributed by atoms with E-state index in [4.69, 9.17) is 17.0 Å². The number of nitrogens with one attached hydrogen (secondary N) is 2. The fourth-order valence-corrected chi connectivity index (χ4v) is 2.85. The molecular weight excluding hydrogens is 356 g/mol. The Morgan fingerprint density at radius 1 is 1.00 bits per heavy atom.